The van der Waals surface area contributed by atoms with Crippen molar-refractivity contribution in [2.75, 3.05) is 25.0 Å². The standard InChI is InChI=1S/C23H31F3N2O4S/c1-4-6-12-28(13-7-5-2)20-15-21(22(14-17(20)16-29)33(30,31)27-3)32-19-10-8-18(9-11-19)23(24,25)26/h8-11,14-15,27,29H,4-7,12-13,16H2,1-3H3. The normalized spacial score (nSPS) is 12.1. The Bertz CT molecular complexity index is 1000. The molecule has 0 amide bonds. The van der Waals surface area contributed by atoms with Crippen LogP contribution < -0.4 is 14.4 Å². The van der Waals surface area contributed by atoms with Crippen LogP contribution in [0.3, 0.4) is 0 Å². The van der Waals surface area contributed by atoms with Crippen LogP contribution in [-0.2, 0) is 22.8 Å². The lowest BCUT2D eigenvalue weighted by atomic mass is 10.1. The van der Waals surface area contributed by atoms with Crippen molar-refractivity contribution in [3.63, 3.8) is 0 Å². The average Bonchev–Trinajstić information content (AvgIpc) is 2.78. The number of ether oxygens (including phenoxy) is 1. The number of rotatable bonds is 12. The summed E-state index contributed by atoms with van der Waals surface area (Å²) in [5, 5.41) is 9.98. The lowest BCUT2D eigenvalue weighted by Gasteiger charge is -2.28. The Morgan fingerprint density at radius 3 is 2.06 bits per heavy atom. The lowest BCUT2D eigenvalue weighted by molar-refractivity contribution is -0.137. The van der Waals surface area contributed by atoms with Crippen molar-refractivity contribution < 1.29 is 31.4 Å². The molecule has 0 fully saturated rings. The Morgan fingerprint density at radius 1 is 1.03 bits per heavy atom. The summed E-state index contributed by atoms with van der Waals surface area (Å²) in [5.74, 6) is 0.0289. The third-order valence-electron chi connectivity index (χ3n) is 5.19. The minimum Gasteiger partial charge on any atom is -0.456 e. The maximum absolute atomic E-state index is 12.9. The summed E-state index contributed by atoms with van der Waals surface area (Å²) in [4.78, 5) is 1.87. The molecule has 2 N–H and O–H groups in total. The number of nitrogens with zero attached hydrogens (tertiary/aromatic N) is 1. The van der Waals surface area contributed by atoms with Gasteiger partial charge in [0.2, 0.25) is 10.0 Å². The van der Waals surface area contributed by atoms with Crippen molar-refractivity contribution in [3.8, 4) is 11.5 Å². The lowest BCUT2D eigenvalue weighted by Crippen LogP contribution is -2.27. The molecule has 0 bridgehead atoms. The molecular formula is C23H31F3N2O4S. The molecule has 0 spiro atoms. The van der Waals surface area contributed by atoms with Gasteiger partial charge < -0.3 is 14.7 Å². The van der Waals surface area contributed by atoms with Gasteiger partial charge >= 0.3 is 6.18 Å². The van der Waals surface area contributed by atoms with E-state index in [9.17, 15) is 26.7 Å². The number of aliphatic hydroxyl groups is 1. The summed E-state index contributed by atoms with van der Waals surface area (Å²) < 4.78 is 72.0. The smallest absolute Gasteiger partial charge is 0.416 e. The molecule has 33 heavy (non-hydrogen) atoms. The minimum absolute atomic E-state index is 0.0331. The summed E-state index contributed by atoms with van der Waals surface area (Å²) in [5.41, 5.74) is 0.228. The predicted octanol–water partition coefficient (Wildman–Crippen LogP) is 5.30. The molecule has 0 atom stereocenters. The molecule has 0 aromatic heterocycles. The molecule has 0 unspecified atom stereocenters. The van der Waals surface area contributed by atoms with Crippen LogP contribution in [0.1, 0.15) is 50.7 Å². The van der Waals surface area contributed by atoms with Crippen molar-refractivity contribution in [1.82, 2.24) is 4.72 Å². The Kier molecular flexibility index (Phi) is 9.57. The molecular weight excluding hydrogens is 457 g/mol. The van der Waals surface area contributed by atoms with Gasteiger partial charge in [0.05, 0.1) is 12.2 Å². The van der Waals surface area contributed by atoms with Gasteiger partial charge in [0.25, 0.3) is 0 Å². The maximum atomic E-state index is 12.9. The number of hydrogen-bond acceptors (Lipinski definition) is 5. The van der Waals surface area contributed by atoms with Gasteiger partial charge in [-0.05, 0) is 50.2 Å². The number of sulfonamides is 1. The Morgan fingerprint density at radius 2 is 1.61 bits per heavy atom. The number of alkyl halides is 3. The Hall–Kier alpha value is -2.30. The highest BCUT2D eigenvalue weighted by molar-refractivity contribution is 7.89. The largest absolute Gasteiger partial charge is 0.456 e. The molecule has 0 aliphatic carbocycles. The monoisotopic (exact) mass is 488 g/mol. The fourth-order valence-electron chi connectivity index (χ4n) is 3.30. The van der Waals surface area contributed by atoms with Crippen LogP contribution in [0.4, 0.5) is 18.9 Å². The Balaban J connectivity index is 2.58. The minimum atomic E-state index is -4.49. The second kappa shape index (κ2) is 11.7. The molecule has 0 saturated carbocycles. The number of unbranched alkanes of at least 4 members (excludes halogenated alkanes) is 2. The summed E-state index contributed by atoms with van der Waals surface area (Å²) >= 11 is 0. The van der Waals surface area contributed by atoms with Gasteiger partial charge in [-0.1, -0.05) is 26.7 Å². The molecule has 0 aliphatic rings. The van der Waals surface area contributed by atoms with Crippen LogP contribution >= 0.6 is 0 Å². The van der Waals surface area contributed by atoms with Crippen molar-refractivity contribution in [3.05, 3.63) is 47.5 Å². The highest BCUT2D eigenvalue weighted by atomic mass is 32.2. The highest BCUT2D eigenvalue weighted by Crippen LogP contribution is 2.37. The van der Waals surface area contributed by atoms with Crippen LogP contribution in [0.25, 0.3) is 0 Å². The SMILES string of the molecule is CCCCN(CCCC)c1cc(Oc2ccc(C(F)(F)F)cc2)c(S(=O)(=O)NC)cc1CO. The zero-order valence-corrected chi connectivity index (χ0v) is 19.9. The number of benzene rings is 2. The van der Waals surface area contributed by atoms with E-state index >= 15 is 0 Å². The number of aliphatic hydroxyl groups excluding tert-OH is 1. The second-order valence-electron chi connectivity index (χ2n) is 7.61. The van der Waals surface area contributed by atoms with Crippen LogP contribution in [0, 0.1) is 0 Å². The molecule has 6 nitrogen and oxygen atoms in total. The third-order valence-corrected chi connectivity index (χ3v) is 6.62. The number of halogens is 3. The fraction of sp³-hybridized carbons (Fsp3) is 0.478. The first-order chi connectivity index (χ1) is 15.6. The Labute approximate surface area is 193 Å². The van der Waals surface area contributed by atoms with E-state index in [4.69, 9.17) is 4.74 Å². The van der Waals surface area contributed by atoms with Crippen LogP contribution in [-0.4, -0.2) is 33.7 Å². The van der Waals surface area contributed by atoms with Gasteiger partial charge in [-0.3, -0.25) is 0 Å². The van der Waals surface area contributed by atoms with E-state index in [1.807, 2.05) is 0 Å². The van der Waals surface area contributed by atoms with Crippen LogP contribution in [0.2, 0.25) is 0 Å². The van der Waals surface area contributed by atoms with Crippen molar-refractivity contribution in [2.45, 2.75) is 57.2 Å². The summed E-state index contributed by atoms with van der Waals surface area (Å²) in [6.45, 7) is 5.17. The summed E-state index contributed by atoms with van der Waals surface area (Å²) in [6.07, 6.45) is -0.773. The quantitative estimate of drug-likeness (QED) is 0.424. The molecule has 184 valence electrons. The van der Waals surface area contributed by atoms with Crippen LogP contribution in [0.5, 0.6) is 11.5 Å². The zero-order chi connectivity index (χ0) is 24.6. The van der Waals surface area contributed by atoms with E-state index in [0.29, 0.717) is 24.3 Å². The van der Waals surface area contributed by atoms with Gasteiger partial charge in [0.15, 0.2) is 0 Å². The van der Waals surface area contributed by atoms with Gasteiger partial charge in [0, 0.05) is 30.4 Å². The van der Waals surface area contributed by atoms with Gasteiger partial charge in [-0.25, -0.2) is 13.1 Å². The number of hydrogen-bond donors (Lipinski definition) is 2. The van der Waals surface area contributed by atoms with Gasteiger partial charge in [-0.2, -0.15) is 13.2 Å². The summed E-state index contributed by atoms with van der Waals surface area (Å²) in [6, 6.07) is 6.93. The van der Waals surface area contributed by atoms with E-state index in [1.165, 1.54) is 13.1 Å². The maximum Gasteiger partial charge on any atom is 0.416 e. The molecule has 0 aliphatic heterocycles. The predicted molar refractivity (Wildman–Crippen MR) is 122 cm³/mol. The second-order valence-corrected chi connectivity index (χ2v) is 9.47. The molecule has 10 heteroatoms. The average molecular weight is 489 g/mol. The van der Waals surface area contributed by atoms with Crippen molar-refractivity contribution >= 4 is 15.7 Å². The van der Waals surface area contributed by atoms with E-state index in [0.717, 1.165) is 49.9 Å². The first-order valence-electron chi connectivity index (χ1n) is 10.9. The van der Waals surface area contributed by atoms with Gasteiger partial charge in [0.1, 0.15) is 16.4 Å². The molecule has 2 aromatic rings. The third kappa shape index (κ3) is 7.09. The molecule has 0 heterocycles. The van der Waals surface area contributed by atoms with Crippen molar-refractivity contribution in [2.24, 2.45) is 0 Å². The van der Waals surface area contributed by atoms with Crippen LogP contribution in [0.15, 0.2) is 41.3 Å². The topological polar surface area (TPSA) is 78.9 Å². The van der Waals surface area contributed by atoms with E-state index < -0.39 is 21.8 Å². The van der Waals surface area contributed by atoms with Gasteiger partial charge in [-0.15, -0.1) is 0 Å². The number of anilines is 1. The summed E-state index contributed by atoms with van der Waals surface area (Å²) in [7, 11) is -2.73. The van der Waals surface area contributed by atoms with E-state index in [2.05, 4.69) is 23.5 Å². The molecule has 2 aromatic carbocycles. The highest BCUT2D eigenvalue weighted by Gasteiger charge is 2.30. The zero-order valence-electron chi connectivity index (χ0n) is 19.1. The van der Waals surface area contributed by atoms with E-state index in [1.54, 1.807) is 6.07 Å². The number of nitrogens with one attached hydrogen (secondary N) is 1. The molecule has 0 saturated heterocycles. The van der Waals surface area contributed by atoms with E-state index in [-0.39, 0.29) is 23.0 Å². The molecule has 0 radical (unpaired) electrons. The first kappa shape index (κ1) is 26.9. The fourth-order valence-corrected chi connectivity index (χ4v) is 4.18. The first-order valence-corrected chi connectivity index (χ1v) is 12.4. The van der Waals surface area contributed by atoms with Crippen molar-refractivity contribution in [1.29, 1.82) is 0 Å². The molecule has 2 rings (SSSR count).